The molecule has 0 saturated carbocycles. The first-order chi connectivity index (χ1) is 9.26. The van der Waals surface area contributed by atoms with E-state index in [1.807, 2.05) is 0 Å². The first kappa shape index (κ1) is 14.2. The Hall–Kier alpha value is -1.26. The highest BCUT2D eigenvalue weighted by Crippen LogP contribution is 2.31. The van der Waals surface area contributed by atoms with E-state index >= 15 is 0 Å². The molecular formula is C15H25N3O. The minimum absolute atomic E-state index is 0.149. The molecular weight excluding hydrogens is 238 g/mol. The molecule has 0 aromatic heterocycles. The van der Waals surface area contributed by atoms with Crippen molar-refractivity contribution in [3.8, 4) is 0 Å². The zero-order valence-electron chi connectivity index (χ0n) is 12.0. The summed E-state index contributed by atoms with van der Waals surface area (Å²) in [6, 6.07) is 8.64. The van der Waals surface area contributed by atoms with Crippen LogP contribution in [0.5, 0.6) is 0 Å². The van der Waals surface area contributed by atoms with Gasteiger partial charge in [-0.05, 0) is 25.1 Å². The Labute approximate surface area is 116 Å². The molecule has 1 aromatic rings. The average molecular weight is 263 g/mol. The molecule has 0 aliphatic carbocycles. The van der Waals surface area contributed by atoms with Crippen LogP contribution in [-0.2, 0) is 0 Å². The summed E-state index contributed by atoms with van der Waals surface area (Å²) in [4.78, 5) is 4.66. The summed E-state index contributed by atoms with van der Waals surface area (Å²) in [5.74, 6) is 0. The molecule has 1 atom stereocenters. The second kappa shape index (κ2) is 6.78. The van der Waals surface area contributed by atoms with Crippen molar-refractivity contribution in [2.45, 2.75) is 19.4 Å². The third-order valence-corrected chi connectivity index (χ3v) is 3.68. The van der Waals surface area contributed by atoms with Crippen molar-refractivity contribution >= 4 is 11.4 Å². The summed E-state index contributed by atoms with van der Waals surface area (Å²) < 4.78 is 0. The Kier molecular flexibility index (Phi) is 5.05. The fourth-order valence-corrected chi connectivity index (χ4v) is 2.56. The minimum atomic E-state index is 0.149. The highest BCUT2D eigenvalue weighted by molar-refractivity contribution is 5.73. The lowest BCUT2D eigenvalue weighted by atomic mass is 10.1. The number of benzene rings is 1. The Morgan fingerprint density at radius 3 is 2.68 bits per heavy atom. The van der Waals surface area contributed by atoms with Crippen molar-refractivity contribution in [2.24, 2.45) is 0 Å². The molecule has 0 saturated heterocycles. The molecule has 19 heavy (non-hydrogen) atoms. The monoisotopic (exact) mass is 263 g/mol. The van der Waals surface area contributed by atoms with E-state index in [0.717, 1.165) is 32.6 Å². The number of para-hydroxylation sites is 2. The van der Waals surface area contributed by atoms with Crippen LogP contribution in [0.3, 0.4) is 0 Å². The van der Waals surface area contributed by atoms with Crippen LogP contribution in [0.4, 0.5) is 11.4 Å². The largest absolute Gasteiger partial charge is 0.395 e. The van der Waals surface area contributed by atoms with Crippen LogP contribution in [0.2, 0.25) is 0 Å². The van der Waals surface area contributed by atoms with Crippen molar-refractivity contribution in [2.75, 3.05) is 49.6 Å². The van der Waals surface area contributed by atoms with Crippen molar-refractivity contribution in [1.82, 2.24) is 5.32 Å². The summed E-state index contributed by atoms with van der Waals surface area (Å²) in [5, 5.41) is 12.9. The SMILES string of the molecule is CCCNC(CO)CN1CCN(C)c2ccccc21. The third kappa shape index (κ3) is 3.39. The number of aliphatic hydroxyl groups is 1. The second-order valence-electron chi connectivity index (χ2n) is 5.19. The Morgan fingerprint density at radius 2 is 2.00 bits per heavy atom. The fourth-order valence-electron chi connectivity index (χ4n) is 2.56. The van der Waals surface area contributed by atoms with Gasteiger partial charge in [0.1, 0.15) is 0 Å². The number of rotatable bonds is 6. The quantitative estimate of drug-likeness (QED) is 0.811. The van der Waals surface area contributed by atoms with Crippen molar-refractivity contribution in [3.63, 3.8) is 0 Å². The van der Waals surface area contributed by atoms with Crippen LogP contribution in [0.25, 0.3) is 0 Å². The number of nitrogens with one attached hydrogen (secondary N) is 1. The molecule has 4 heteroatoms. The van der Waals surface area contributed by atoms with Crippen molar-refractivity contribution in [1.29, 1.82) is 0 Å². The summed E-state index contributed by atoms with van der Waals surface area (Å²) in [6.07, 6.45) is 1.09. The lowest BCUT2D eigenvalue weighted by Gasteiger charge is -2.38. The molecule has 1 heterocycles. The molecule has 2 N–H and O–H groups in total. The smallest absolute Gasteiger partial charge is 0.0605 e. The minimum Gasteiger partial charge on any atom is -0.395 e. The number of anilines is 2. The molecule has 4 nitrogen and oxygen atoms in total. The van der Waals surface area contributed by atoms with Gasteiger partial charge in [0.2, 0.25) is 0 Å². The van der Waals surface area contributed by atoms with Gasteiger partial charge in [0.25, 0.3) is 0 Å². The second-order valence-corrected chi connectivity index (χ2v) is 5.19. The highest BCUT2D eigenvalue weighted by Gasteiger charge is 2.21. The molecule has 0 spiro atoms. The highest BCUT2D eigenvalue weighted by atomic mass is 16.3. The van der Waals surface area contributed by atoms with E-state index < -0.39 is 0 Å². The average Bonchev–Trinajstić information content (AvgIpc) is 2.46. The standard InChI is InChI=1S/C15H25N3O/c1-3-8-16-13(12-19)11-18-10-9-17(2)14-6-4-5-7-15(14)18/h4-7,13,16,19H,3,8-12H2,1-2H3. The number of hydrogen-bond acceptors (Lipinski definition) is 4. The summed E-state index contributed by atoms with van der Waals surface area (Å²) in [7, 11) is 2.13. The molecule has 0 bridgehead atoms. The molecule has 1 aliphatic rings. The van der Waals surface area contributed by atoms with Crippen LogP contribution < -0.4 is 15.1 Å². The molecule has 1 aliphatic heterocycles. The zero-order valence-corrected chi connectivity index (χ0v) is 12.0. The number of hydrogen-bond donors (Lipinski definition) is 2. The van der Waals surface area contributed by atoms with Crippen LogP contribution in [-0.4, -0.2) is 51.0 Å². The maximum atomic E-state index is 9.48. The van der Waals surface area contributed by atoms with Gasteiger partial charge in [0.05, 0.1) is 18.0 Å². The van der Waals surface area contributed by atoms with E-state index in [4.69, 9.17) is 0 Å². The predicted octanol–water partition coefficient (Wildman–Crippen LogP) is 1.30. The van der Waals surface area contributed by atoms with E-state index in [0.29, 0.717) is 0 Å². The number of nitrogens with zero attached hydrogens (tertiary/aromatic N) is 2. The van der Waals surface area contributed by atoms with Crippen LogP contribution in [0, 0.1) is 0 Å². The van der Waals surface area contributed by atoms with E-state index in [2.05, 4.69) is 53.4 Å². The van der Waals surface area contributed by atoms with Gasteiger partial charge in [-0.1, -0.05) is 19.1 Å². The first-order valence-electron chi connectivity index (χ1n) is 7.15. The van der Waals surface area contributed by atoms with Gasteiger partial charge in [0.15, 0.2) is 0 Å². The third-order valence-electron chi connectivity index (χ3n) is 3.68. The fraction of sp³-hybridized carbons (Fsp3) is 0.600. The van der Waals surface area contributed by atoms with Gasteiger partial charge < -0.3 is 20.2 Å². The van der Waals surface area contributed by atoms with Gasteiger partial charge in [-0.15, -0.1) is 0 Å². The lowest BCUT2D eigenvalue weighted by molar-refractivity contribution is 0.244. The van der Waals surface area contributed by atoms with Gasteiger partial charge in [0, 0.05) is 32.7 Å². The summed E-state index contributed by atoms with van der Waals surface area (Å²) in [5.41, 5.74) is 2.55. The van der Waals surface area contributed by atoms with Gasteiger partial charge in [-0.3, -0.25) is 0 Å². The molecule has 2 rings (SSSR count). The van der Waals surface area contributed by atoms with E-state index in [1.165, 1.54) is 11.4 Å². The van der Waals surface area contributed by atoms with E-state index in [1.54, 1.807) is 0 Å². The van der Waals surface area contributed by atoms with Crippen molar-refractivity contribution < 1.29 is 5.11 Å². The van der Waals surface area contributed by atoms with Gasteiger partial charge in [-0.25, -0.2) is 0 Å². The molecule has 106 valence electrons. The van der Waals surface area contributed by atoms with Crippen molar-refractivity contribution in [3.05, 3.63) is 24.3 Å². The molecule has 0 fully saturated rings. The maximum absolute atomic E-state index is 9.48. The Morgan fingerprint density at radius 1 is 1.26 bits per heavy atom. The predicted molar refractivity (Wildman–Crippen MR) is 81.1 cm³/mol. The number of likely N-dealkylation sites (N-methyl/N-ethyl adjacent to an activating group) is 1. The summed E-state index contributed by atoms with van der Waals surface area (Å²) >= 11 is 0. The maximum Gasteiger partial charge on any atom is 0.0605 e. The van der Waals surface area contributed by atoms with Gasteiger partial charge >= 0.3 is 0 Å². The Bertz CT molecular complexity index is 397. The molecule has 1 unspecified atom stereocenters. The van der Waals surface area contributed by atoms with E-state index in [9.17, 15) is 5.11 Å². The van der Waals surface area contributed by atoms with E-state index in [-0.39, 0.29) is 12.6 Å². The van der Waals surface area contributed by atoms with Crippen LogP contribution >= 0.6 is 0 Å². The Balaban J connectivity index is 2.07. The molecule has 0 radical (unpaired) electrons. The molecule has 0 amide bonds. The van der Waals surface area contributed by atoms with Crippen LogP contribution in [0.1, 0.15) is 13.3 Å². The lowest BCUT2D eigenvalue weighted by Crippen LogP contribution is -2.48. The summed E-state index contributed by atoms with van der Waals surface area (Å²) in [6.45, 7) is 6.20. The number of aliphatic hydroxyl groups excluding tert-OH is 1. The normalized spacial score (nSPS) is 16.4. The first-order valence-corrected chi connectivity index (χ1v) is 7.15. The topological polar surface area (TPSA) is 38.7 Å². The van der Waals surface area contributed by atoms with Gasteiger partial charge in [-0.2, -0.15) is 0 Å². The zero-order chi connectivity index (χ0) is 13.7. The van der Waals surface area contributed by atoms with Crippen LogP contribution in [0.15, 0.2) is 24.3 Å². The number of fused-ring (bicyclic) bond motifs is 1. The molecule has 1 aromatic carbocycles.